The normalized spacial score (nSPS) is 13.0. The van der Waals surface area contributed by atoms with E-state index in [0.717, 1.165) is 21.2 Å². The van der Waals surface area contributed by atoms with Gasteiger partial charge in [0.05, 0.1) is 0 Å². The minimum Gasteiger partial charge on any atom is -0.465 e. The van der Waals surface area contributed by atoms with Crippen LogP contribution in [0.1, 0.15) is 31.4 Å². The van der Waals surface area contributed by atoms with Crippen molar-refractivity contribution in [3.05, 3.63) is 83.3 Å². The van der Waals surface area contributed by atoms with Crippen LogP contribution in [0.5, 0.6) is 0 Å². The highest BCUT2D eigenvalue weighted by atomic mass is 32.1. The van der Waals surface area contributed by atoms with E-state index in [1.807, 2.05) is 60.0 Å². The van der Waals surface area contributed by atoms with Gasteiger partial charge in [0.25, 0.3) is 0 Å². The van der Waals surface area contributed by atoms with Crippen molar-refractivity contribution >= 4 is 45.2 Å². The Hall–Kier alpha value is -4.18. The second kappa shape index (κ2) is 13.9. The molecule has 218 valence electrons. The van der Waals surface area contributed by atoms with Gasteiger partial charge in [-0.1, -0.05) is 54.6 Å². The molecule has 0 aliphatic carbocycles. The highest BCUT2D eigenvalue weighted by molar-refractivity contribution is 7.17. The number of likely N-dealkylation sites (N-methyl/N-ethyl adjacent to an activating group) is 3. The van der Waals surface area contributed by atoms with Gasteiger partial charge in [-0.15, -0.1) is 11.3 Å². The second-order valence-corrected chi connectivity index (χ2v) is 11.5. The summed E-state index contributed by atoms with van der Waals surface area (Å²) in [6.07, 6.45) is 2.67. The predicted octanol–water partition coefficient (Wildman–Crippen LogP) is 4.08. The number of thiophene rings is 1. The summed E-state index contributed by atoms with van der Waals surface area (Å²) in [6.45, 7) is 3.43. The molecule has 10 heteroatoms. The molecule has 3 aromatic rings. The van der Waals surface area contributed by atoms with Crippen LogP contribution in [0.25, 0.3) is 10.1 Å². The van der Waals surface area contributed by atoms with Gasteiger partial charge >= 0.3 is 6.09 Å². The van der Waals surface area contributed by atoms with Crippen LogP contribution in [0.4, 0.5) is 4.79 Å². The van der Waals surface area contributed by atoms with Crippen molar-refractivity contribution in [1.82, 2.24) is 20.4 Å². The summed E-state index contributed by atoms with van der Waals surface area (Å²) in [5, 5.41) is 17.1. The first-order valence-electron chi connectivity index (χ1n) is 13.3. The van der Waals surface area contributed by atoms with Crippen molar-refractivity contribution in [3.8, 4) is 0 Å². The van der Waals surface area contributed by atoms with Crippen LogP contribution in [0, 0.1) is 0 Å². The molecular formula is C31H38N4O5S. The molecule has 0 aliphatic heterocycles. The quantitative estimate of drug-likeness (QED) is 0.280. The lowest BCUT2D eigenvalue weighted by molar-refractivity contribution is -0.146. The Morgan fingerprint density at radius 2 is 1.61 bits per heavy atom. The largest absolute Gasteiger partial charge is 0.465 e. The Kier molecular flexibility index (Phi) is 10.7. The number of benzene rings is 2. The Balaban J connectivity index is 1.91. The zero-order valence-corrected chi connectivity index (χ0v) is 24.9. The lowest BCUT2D eigenvalue weighted by Gasteiger charge is -2.34. The summed E-state index contributed by atoms with van der Waals surface area (Å²) in [7, 11) is 4.71. The van der Waals surface area contributed by atoms with E-state index in [0.29, 0.717) is 6.42 Å². The number of carbonyl (C=O) groups excluding carboxylic acids is 3. The zero-order valence-electron chi connectivity index (χ0n) is 24.1. The maximum Gasteiger partial charge on any atom is 0.405 e. The van der Waals surface area contributed by atoms with Crippen LogP contribution in [-0.4, -0.2) is 77.5 Å². The smallest absolute Gasteiger partial charge is 0.405 e. The molecule has 1 aromatic heterocycles. The minimum atomic E-state index is -1.15. The molecule has 2 aromatic carbocycles. The Morgan fingerprint density at radius 1 is 0.951 bits per heavy atom. The van der Waals surface area contributed by atoms with Crippen LogP contribution in [-0.2, 0) is 27.2 Å². The van der Waals surface area contributed by atoms with E-state index in [-0.39, 0.29) is 24.7 Å². The average Bonchev–Trinajstić information content (AvgIpc) is 3.35. The Bertz CT molecular complexity index is 1400. The molecule has 4 amide bonds. The maximum absolute atomic E-state index is 14.1. The van der Waals surface area contributed by atoms with Gasteiger partial charge in [-0.3, -0.25) is 14.4 Å². The highest BCUT2D eigenvalue weighted by Crippen LogP contribution is 2.28. The van der Waals surface area contributed by atoms with Crippen LogP contribution in [0.3, 0.4) is 0 Å². The summed E-state index contributed by atoms with van der Waals surface area (Å²) in [5.41, 5.74) is 1.07. The molecule has 0 bridgehead atoms. The standard InChI is InChI=1S/C31H38N4O5S/c1-31(2,33-30(39)40)17-11-16-27(36)34(4)25(19-22-20-41-26-15-10-9-14-23(22)26)29(38)35(5)24(28(37)32-3)18-21-12-7-6-8-13-21/h6-16,20,24-25,33H,17-19H2,1-5H3,(H,32,37)(H,39,40)/b16-11+/t24?,25-/m1/s1. The summed E-state index contributed by atoms with van der Waals surface area (Å²) < 4.78 is 1.08. The molecule has 0 aliphatic rings. The molecular weight excluding hydrogens is 540 g/mol. The first kappa shape index (κ1) is 31.3. The number of fused-ring (bicyclic) bond motifs is 1. The van der Waals surface area contributed by atoms with E-state index in [2.05, 4.69) is 10.6 Å². The van der Waals surface area contributed by atoms with Gasteiger partial charge in [-0.25, -0.2) is 4.79 Å². The molecule has 0 spiro atoms. The summed E-state index contributed by atoms with van der Waals surface area (Å²) in [4.78, 5) is 54.3. The Labute approximate surface area is 244 Å². The summed E-state index contributed by atoms with van der Waals surface area (Å²) >= 11 is 1.57. The third-order valence-corrected chi connectivity index (χ3v) is 8.06. The van der Waals surface area contributed by atoms with Gasteiger partial charge in [0.2, 0.25) is 17.7 Å². The molecule has 0 saturated heterocycles. The van der Waals surface area contributed by atoms with Crippen molar-refractivity contribution < 1.29 is 24.3 Å². The molecule has 3 rings (SSSR count). The SMILES string of the molecule is CNC(=O)C(Cc1ccccc1)N(C)C(=O)[C@@H](Cc1csc2ccccc12)N(C)C(=O)/C=C/CC(C)(C)NC(=O)O. The number of rotatable bonds is 12. The monoisotopic (exact) mass is 578 g/mol. The van der Waals surface area contributed by atoms with E-state index < -0.39 is 29.6 Å². The van der Waals surface area contributed by atoms with Gasteiger partial charge in [-0.05, 0) is 54.3 Å². The van der Waals surface area contributed by atoms with Crippen molar-refractivity contribution in [1.29, 1.82) is 0 Å². The first-order valence-corrected chi connectivity index (χ1v) is 14.2. The number of carbonyl (C=O) groups is 4. The van der Waals surface area contributed by atoms with Crippen LogP contribution in [0.2, 0.25) is 0 Å². The number of carboxylic acid groups (broad SMARTS) is 1. The fraction of sp³-hybridized carbons (Fsp3) is 0.355. The number of hydrogen-bond acceptors (Lipinski definition) is 5. The Morgan fingerprint density at radius 3 is 2.27 bits per heavy atom. The first-order chi connectivity index (χ1) is 19.4. The molecule has 0 radical (unpaired) electrons. The van der Waals surface area contributed by atoms with E-state index in [1.165, 1.54) is 22.9 Å². The van der Waals surface area contributed by atoms with E-state index in [9.17, 15) is 19.2 Å². The highest BCUT2D eigenvalue weighted by Gasteiger charge is 2.35. The van der Waals surface area contributed by atoms with E-state index >= 15 is 0 Å². The van der Waals surface area contributed by atoms with Crippen LogP contribution >= 0.6 is 11.3 Å². The lowest BCUT2D eigenvalue weighted by atomic mass is 9.99. The van der Waals surface area contributed by atoms with Crippen LogP contribution in [0.15, 0.2) is 72.1 Å². The molecule has 3 N–H and O–H groups in total. The molecule has 1 unspecified atom stereocenters. The molecule has 41 heavy (non-hydrogen) atoms. The molecule has 0 saturated carbocycles. The van der Waals surface area contributed by atoms with Gasteiger partial charge in [0.1, 0.15) is 12.1 Å². The number of nitrogens with one attached hydrogen (secondary N) is 2. The molecule has 2 atom stereocenters. The second-order valence-electron chi connectivity index (χ2n) is 10.6. The third kappa shape index (κ3) is 8.40. The van der Waals surface area contributed by atoms with Gasteiger partial charge < -0.3 is 25.5 Å². The topological polar surface area (TPSA) is 119 Å². The van der Waals surface area contributed by atoms with E-state index in [1.54, 1.807) is 45.4 Å². The fourth-order valence-electron chi connectivity index (χ4n) is 4.65. The van der Waals surface area contributed by atoms with Crippen molar-refractivity contribution in [2.24, 2.45) is 0 Å². The summed E-state index contributed by atoms with van der Waals surface area (Å²) in [6, 6.07) is 15.7. The summed E-state index contributed by atoms with van der Waals surface area (Å²) in [5.74, 6) is -1.06. The predicted molar refractivity (Wildman–Crippen MR) is 162 cm³/mol. The minimum absolute atomic E-state index is 0.265. The number of amides is 4. The fourth-order valence-corrected chi connectivity index (χ4v) is 5.63. The molecule has 0 fully saturated rings. The number of hydrogen-bond donors (Lipinski definition) is 3. The zero-order chi connectivity index (χ0) is 30.2. The molecule has 9 nitrogen and oxygen atoms in total. The van der Waals surface area contributed by atoms with Gasteiger partial charge in [-0.2, -0.15) is 0 Å². The molecule has 1 heterocycles. The third-order valence-electron chi connectivity index (χ3n) is 7.04. The van der Waals surface area contributed by atoms with Gasteiger partial charge in [0, 0.05) is 44.2 Å². The van der Waals surface area contributed by atoms with Crippen molar-refractivity contribution in [2.45, 2.75) is 50.7 Å². The lowest BCUT2D eigenvalue weighted by Crippen LogP contribution is -2.55. The van der Waals surface area contributed by atoms with Gasteiger partial charge in [0.15, 0.2) is 0 Å². The van der Waals surface area contributed by atoms with Crippen molar-refractivity contribution in [3.63, 3.8) is 0 Å². The van der Waals surface area contributed by atoms with Crippen LogP contribution < -0.4 is 10.6 Å². The maximum atomic E-state index is 14.1. The van der Waals surface area contributed by atoms with Crippen molar-refractivity contribution in [2.75, 3.05) is 21.1 Å². The average molecular weight is 579 g/mol. The van der Waals surface area contributed by atoms with E-state index in [4.69, 9.17) is 5.11 Å². The number of nitrogens with zero attached hydrogens (tertiary/aromatic N) is 2.